The number of rotatable bonds is 4. The highest BCUT2D eigenvalue weighted by molar-refractivity contribution is 5.97. The third-order valence-electron chi connectivity index (χ3n) is 5.09. The summed E-state index contributed by atoms with van der Waals surface area (Å²) in [6, 6.07) is 17.3. The van der Waals surface area contributed by atoms with Crippen LogP contribution in [0.25, 0.3) is 0 Å². The standard InChI is InChI=1S/C21H25NO3/c1-16-14-22(13-12-21(16,2)24)20(23)18-10-6-7-11-19(18)25-15-17-8-4-3-5-9-17/h3-11,16,24H,12-15H2,1-2H3/t16-,21+/m1/s1. The molecule has 1 N–H and O–H groups in total. The number of nitrogens with zero attached hydrogens (tertiary/aromatic N) is 1. The lowest BCUT2D eigenvalue weighted by Gasteiger charge is -2.41. The molecule has 0 radical (unpaired) electrons. The van der Waals surface area contributed by atoms with E-state index in [4.69, 9.17) is 4.74 Å². The van der Waals surface area contributed by atoms with Gasteiger partial charge in [0.1, 0.15) is 12.4 Å². The zero-order valence-electron chi connectivity index (χ0n) is 14.8. The number of carbonyl (C=O) groups is 1. The predicted octanol–water partition coefficient (Wildman–Crippen LogP) is 3.50. The van der Waals surface area contributed by atoms with E-state index in [1.54, 1.807) is 6.07 Å². The summed E-state index contributed by atoms with van der Waals surface area (Å²) in [5.41, 5.74) is 0.930. The normalized spacial score (nSPS) is 23.3. The second-order valence-corrected chi connectivity index (χ2v) is 7.03. The Labute approximate surface area is 149 Å². The minimum Gasteiger partial charge on any atom is -0.488 e. The Morgan fingerprint density at radius 1 is 1.20 bits per heavy atom. The van der Waals surface area contributed by atoms with Crippen LogP contribution in [-0.2, 0) is 6.61 Å². The Morgan fingerprint density at radius 3 is 2.60 bits per heavy atom. The monoisotopic (exact) mass is 339 g/mol. The molecule has 4 nitrogen and oxygen atoms in total. The Kier molecular flexibility index (Phi) is 5.09. The molecule has 1 aliphatic heterocycles. The van der Waals surface area contributed by atoms with Crippen molar-refractivity contribution in [1.29, 1.82) is 0 Å². The summed E-state index contributed by atoms with van der Waals surface area (Å²) in [5, 5.41) is 10.3. The minimum absolute atomic E-state index is 0.0361. The molecule has 25 heavy (non-hydrogen) atoms. The minimum atomic E-state index is -0.708. The first-order chi connectivity index (χ1) is 12.0. The largest absolute Gasteiger partial charge is 0.488 e. The van der Waals surface area contributed by atoms with E-state index in [0.717, 1.165) is 5.56 Å². The van der Waals surface area contributed by atoms with Crippen molar-refractivity contribution >= 4 is 5.91 Å². The van der Waals surface area contributed by atoms with Crippen molar-refractivity contribution in [1.82, 2.24) is 4.90 Å². The maximum Gasteiger partial charge on any atom is 0.257 e. The van der Waals surface area contributed by atoms with E-state index in [9.17, 15) is 9.90 Å². The molecule has 2 aromatic rings. The third-order valence-corrected chi connectivity index (χ3v) is 5.09. The summed E-state index contributed by atoms with van der Waals surface area (Å²) in [7, 11) is 0. The Bertz CT molecular complexity index is 727. The number of amides is 1. The second kappa shape index (κ2) is 7.28. The van der Waals surface area contributed by atoms with Crippen molar-refractivity contribution in [3.05, 3.63) is 65.7 Å². The highest BCUT2D eigenvalue weighted by Gasteiger charge is 2.36. The van der Waals surface area contributed by atoms with E-state index in [0.29, 0.717) is 37.4 Å². The lowest BCUT2D eigenvalue weighted by molar-refractivity contribution is -0.0440. The van der Waals surface area contributed by atoms with E-state index in [2.05, 4.69) is 0 Å². The molecule has 1 saturated heterocycles. The molecule has 1 fully saturated rings. The van der Waals surface area contributed by atoms with Gasteiger partial charge in [0.15, 0.2) is 0 Å². The van der Waals surface area contributed by atoms with Gasteiger partial charge in [0.2, 0.25) is 0 Å². The first kappa shape index (κ1) is 17.5. The zero-order chi connectivity index (χ0) is 17.9. The number of benzene rings is 2. The molecule has 1 amide bonds. The number of para-hydroxylation sites is 1. The van der Waals surface area contributed by atoms with Crippen LogP contribution in [0, 0.1) is 5.92 Å². The third kappa shape index (κ3) is 4.02. The summed E-state index contributed by atoms with van der Waals surface area (Å²) in [6.45, 7) is 5.37. The Morgan fingerprint density at radius 2 is 1.88 bits per heavy atom. The molecule has 1 heterocycles. The van der Waals surface area contributed by atoms with Crippen molar-refractivity contribution in [3.63, 3.8) is 0 Å². The van der Waals surface area contributed by atoms with E-state index < -0.39 is 5.60 Å². The summed E-state index contributed by atoms with van der Waals surface area (Å²) in [6.07, 6.45) is 0.590. The molecule has 0 aliphatic carbocycles. The molecule has 0 spiro atoms. The maximum absolute atomic E-state index is 13.0. The number of hydrogen-bond donors (Lipinski definition) is 1. The number of likely N-dealkylation sites (tertiary alicyclic amines) is 1. The van der Waals surface area contributed by atoms with Crippen molar-refractivity contribution in [3.8, 4) is 5.75 Å². The highest BCUT2D eigenvalue weighted by atomic mass is 16.5. The number of aliphatic hydroxyl groups is 1. The average molecular weight is 339 g/mol. The van der Waals surface area contributed by atoms with Crippen LogP contribution >= 0.6 is 0 Å². The fourth-order valence-corrected chi connectivity index (χ4v) is 3.09. The maximum atomic E-state index is 13.0. The van der Waals surface area contributed by atoms with E-state index in [1.165, 1.54) is 0 Å². The van der Waals surface area contributed by atoms with Crippen molar-refractivity contribution < 1.29 is 14.6 Å². The van der Waals surface area contributed by atoms with Crippen LogP contribution in [-0.4, -0.2) is 34.6 Å². The topological polar surface area (TPSA) is 49.8 Å². The summed E-state index contributed by atoms with van der Waals surface area (Å²) in [4.78, 5) is 14.8. The van der Waals surface area contributed by atoms with Crippen LogP contribution in [0.1, 0.15) is 36.2 Å². The first-order valence-electron chi connectivity index (χ1n) is 8.75. The zero-order valence-corrected chi connectivity index (χ0v) is 14.8. The molecule has 4 heteroatoms. The molecule has 1 aliphatic rings. The smallest absolute Gasteiger partial charge is 0.257 e. The second-order valence-electron chi connectivity index (χ2n) is 7.03. The van der Waals surface area contributed by atoms with E-state index in [1.807, 2.05) is 67.3 Å². The number of piperidine rings is 1. The van der Waals surface area contributed by atoms with E-state index in [-0.39, 0.29) is 11.8 Å². The van der Waals surface area contributed by atoms with Crippen molar-refractivity contribution in [2.24, 2.45) is 5.92 Å². The van der Waals surface area contributed by atoms with Gasteiger partial charge in [0.05, 0.1) is 11.2 Å². The molecule has 0 bridgehead atoms. The van der Waals surface area contributed by atoms with Gasteiger partial charge in [0, 0.05) is 19.0 Å². The average Bonchev–Trinajstić information content (AvgIpc) is 2.63. The molecular weight excluding hydrogens is 314 g/mol. The van der Waals surface area contributed by atoms with Gasteiger partial charge < -0.3 is 14.7 Å². The molecule has 0 saturated carbocycles. The number of carbonyl (C=O) groups excluding carboxylic acids is 1. The van der Waals surface area contributed by atoms with Gasteiger partial charge in [-0.2, -0.15) is 0 Å². The van der Waals surface area contributed by atoms with Crippen LogP contribution in [0.15, 0.2) is 54.6 Å². The quantitative estimate of drug-likeness (QED) is 0.927. The summed E-state index contributed by atoms with van der Waals surface area (Å²) >= 11 is 0. The first-order valence-corrected chi connectivity index (χ1v) is 8.75. The molecule has 2 aromatic carbocycles. The van der Waals surface area contributed by atoms with Gasteiger partial charge in [-0.05, 0) is 31.0 Å². The van der Waals surface area contributed by atoms with E-state index >= 15 is 0 Å². The lowest BCUT2D eigenvalue weighted by Crippen LogP contribution is -2.50. The Hall–Kier alpha value is -2.33. The van der Waals surface area contributed by atoms with Gasteiger partial charge in [-0.25, -0.2) is 0 Å². The van der Waals surface area contributed by atoms with Gasteiger partial charge in [-0.3, -0.25) is 4.79 Å². The lowest BCUT2D eigenvalue weighted by atomic mass is 9.84. The van der Waals surface area contributed by atoms with Crippen LogP contribution in [0.3, 0.4) is 0 Å². The van der Waals surface area contributed by atoms with Crippen molar-refractivity contribution in [2.45, 2.75) is 32.5 Å². The molecule has 2 atom stereocenters. The Balaban J connectivity index is 1.73. The molecule has 132 valence electrons. The fourth-order valence-electron chi connectivity index (χ4n) is 3.09. The summed E-state index contributed by atoms with van der Waals surface area (Å²) in [5.74, 6) is 0.606. The van der Waals surface area contributed by atoms with Crippen LogP contribution in [0.2, 0.25) is 0 Å². The van der Waals surface area contributed by atoms with Gasteiger partial charge in [-0.15, -0.1) is 0 Å². The molecule has 0 aromatic heterocycles. The summed E-state index contributed by atoms with van der Waals surface area (Å²) < 4.78 is 5.91. The molecule has 3 rings (SSSR count). The molecular formula is C21H25NO3. The van der Waals surface area contributed by atoms with Crippen LogP contribution in [0.5, 0.6) is 5.75 Å². The number of ether oxygens (including phenoxy) is 1. The van der Waals surface area contributed by atoms with Gasteiger partial charge in [0.25, 0.3) is 5.91 Å². The van der Waals surface area contributed by atoms with Gasteiger partial charge in [-0.1, -0.05) is 49.4 Å². The SMILES string of the molecule is C[C@@H]1CN(C(=O)c2ccccc2OCc2ccccc2)CC[C@]1(C)O. The van der Waals surface area contributed by atoms with Crippen LogP contribution < -0.4 is 4.74 Å². The number of hydrogen-bond acceptors (Lipinski definition) is 3. The van der Waals surface area contributed by atoms with Gasteiger partial charge >= 0.3 is 0 Å². The molecule has 0 unspecified atom stereocenters. The highest BCUT2D eigenvalue weighted by Crippen LogP contribution is 2.29. The fraction of sp³-hybridized carbons (Fsp3) is 0.381. The van der Waals surface area contributed by atoms with Crippen LogP contribution in [0.4, 0.5) is 0 Å². The van der Waals surface area contributed by atoms with Crippen molar-refractivity contribution in [2.75, 3.05) is 13.1 Å². The predicted molar refractivity (Wildman–Crippen MR) is 97.5 cm³/mol.